The van der Waals surface area contributed by atoms with Crippen molar-refractivity contribution in [3.8, 4) is 0 Å². The Labute approximate surface area is 237 Å². The van der Waals surface area contributed by atoms with Crippen LogP contribution in [-0.2, 0) is 23.4 Å². The molecule has 0 amide bonds. The maximum absolute atomic E-state index is 10.1. The van der Waals surface area contributed by atoms with Crippen LogP contribution in [0.2, 0.25) is 0 Å². The quantitative estimate of drug-likeness (QED) is 0.154. The van der Waals surface area contributed by atoms with Crippen LogP contribution in [0.25, 0.3) is 0 Å². The molecular weight excluding hydrogens is 582 g/mol. The Kier molecular flexibility index (Phi) is 61.6. The molecule has 8 nitrogen and oxygen atoms in total. The minimum atomic E-state index is -3.26. The van der Waals surface area contributed by atoms with E-state index in [4.69, 9.17) is 28.3 Å². The van der Waals surface area contributed by atoms with Gasteiger partial charge in [-0.05, 0) is 40.4 Å². The van der Waals surface area contributed by atoms with Gasteiger partial charge >= 0.3 is 0 Å². The van der Waals surface area contributed by atoms with Crippen LogP contribution in [0.5, 0.6) is 0 Å². The molecule has 0 spiro atoms. The molecule has 0 radical (unpaired) electrons. The van der Waals surface area contributed by atoms with Crippen molar-refractivity contribution in [2.45, 2.75) is 41.5 Å². The van der Waals surface area contributed by atoms with Gasteiger partial charge in [-0.3, -0.25) is 4.18 Å². The molecule has 0 fully saturated rings. The topological polar surface area (TPSA) is 105 Å². The fourth-order valence-corrected chi connectivity index (χ4v) is 1.94. The number of rotatable bonds is 10. The van der Waals surface area contributed by atoms with Gasteiger partial charge in [0.1, 0.15) is 0 Å². The van der Waals surface area contributed by atoms with E-state index >= 15 is 0 Å². The first-order chi connectivity index (χ1) is 15.6. The Bertz CT molecular complexity index is 558. The van der Waals surface area contributed by atoms with Gasteiger partial charge in [-0.15, -0.1) is 36.4 Å². The normalized spacial score (nSPS) is 9.54. The van der Waals surface area contributed by atoms with Gasteiger partial charge in [0.05, 0.1) is 50.7 Å². The zero-order valence-corrected chi connectivity index (χ0v) is 27.4. The molecule has 0 aromatic heterocycles. The molecule has 0 aliphatic rings. The van der Waals surface area contributed by atoms with Crippen LogP contribution in [0.4, 0.5) is 0 Å². The summed E-state index contributed by atoms with van der Waals surface area (Å²) in [4.78, 5) is 4.06. The van der Waals surface area contributed by atoms with Crippen molar-refractivity contribution in [3.05, 3.63) is 25.3 Å². The summed E-state index contributed by atoms with van der Waals surface area (Å²) in [5, 5.41) is 7.95. The molecule has 2 N–H and O–H groups in total. The Morgan fingerprint density at radius 1 is 0.857 bits per heavy atom. The zero-order chi connectivity index (χ0) is 28.6. The summed E-state index contributed by atoms with van der Waals surface area (Å²) in [6, 6.07) is 0. The highest BCUT2D eigenvalue weighted by molar-refractivity contribution is 8.13. The highest BCUT2D eigenvalue weighted by atomic mass is 35.7. The molecule has 0 atom stereocenters. The summed E-state index contributed by atoms with van der Waals surface area (Å²) in [6.07, 6.45) is 4.73. The number of halogens is 4. The Morgan fingerprint density at radius 2 is 1.11 bits per heavy atom. The molecule has 0 bridgehead atoms. The fourth-order valence-electron chi connectivity index (χ4n) is 1.59. The predicted molar refractivity (Wildman–Crippen MR) is 152 cm³/mol. The first-order valence-electron chi connectivity index (χ1n) is 10.8. The van der Waals surface area contributed by atoms with Crippen LogP contribution >= 0.6 is 33.9 Å². The average molecular weight is 633 g/mol. The zero-order valence-electron chi connectivity index (χ0n) is 22.7. The lowest BCUT2D eigenvalue weighted by Crippen LogP contribution is -3.11. The highest BCUT2D eigenvalue weighted by Gasteiger charge is 1.96. The van der Waals surface area contributed by atoms with Crippen molar-refractivity contribution < 1.29 is 43.4 Å². The molecular formula is C21H50Cl4N2O6S2. The Balaban J connectivity index is -0.0000000549. The predicted octanol–water partition coefficient (Wildman–Crippen LogP) is 0.203. The van der Waals surface area contributed by atoms with Crippen LogP contribution < -0.4 is 17.3 Å². The number of aliphatic hydroxyl groups is 1. The van der Waals surface area contributed by atoms with Gasteiger partial charge in [0, 0.05) is 10.7 Å². The first-order valence-corrected chi connectivity index (χ1v) is 16.4. The van der Waals surface area contributed by atoms with E-state index in [0.717, 1.165) is 12.5 Å². The second-order valence-electron chi connectivity index (χ2n) is 5.96. The third-order valence-corrected chi connectivity index (χ3v) is 3.93. The van der Waals surface area contributed by atoms with Gasteiger partial charge in [0.2, 0.25) is 9.05 Å². The molecule has 0 aliphatic heterocycles. The molecule has 0 rings (SSSR count). The third kappa shape index (κ3) is 107. The molecule has 0 aromatic rings. The Morgan fingerprint density at radius 3 is 1.14 bits per heavy atom. The van der Waals surface area contributed by atoms with Gasteiger partial charge in [-0.25, -0.2) is 8.42 Å². The molecule has 0 saturated carbocycles. The molecule has 14 heteroatoms. The highest BCUT2D eigenvalue weighted by Crippen LogP contribution is 1.84. The lowest BCUT2D eigenvalue weighted by molar-refractivity contribution is -0.894. The van der Waals surface area contributed by atoms with E-state index in [1.807, 2.05) is 0 Å². The molecule has 0 aliphatic carbocycles. The maximum atomic E-state index is 10.1. The standard InChI is InChI=1S/2C6H15N.C4H8O3S.C3H6O.CH2Cl2.CH3ClO2S.ClH/c2*1-4-7(5-2)6-3;1-3-4-7-8(2,5)6;1-2-3-4;2-1-3;1-5(2,3)4;/h2*4-6H2,1-3H3;3H,1,4H2,2H3;2,4H,1,3H2;1H2;1H3;1H. The summed E-state index contributed by atoms with van der Waals surface area (Å²) in [7, 11) is -1.95. The summed E-state index contributed by atoms with van der Waals surface area (Å²) < 4.78 is 43.3. The lowest BCUT2D eigenvalue weighted by atomic mass is 10.5. The average Bonchev–Trinajstić information content (AvgIpc) is 2.75. The molecule has 0 heterocycles. The van der Waals surface area contributed by atoms with E-state index in [9.17, 15) is 16.8 Å². The molecule has 0 saturated heterocycles. The van der Waals surface area contributed by atoms with Crippen LogP contribution in [0, 0.1) is 0 Å². The number of hydrogen-bond acceptors (Lipinski definition) is 7. The minimum absolute atomic E-state index is 0. The summed E-state index contributed by atoms with van der Waals surface area (Å²) in [6.45, 7) is 27.3. The second kappa shape index (κ2) is 41.5. The molecule has 0 aromatic carbocycles. The Hall–Kier alpha value is 0.380. The van der Waals surface area contributed by atoms with Crippen molar-refractivity contribution in [1.82, 2.24) is 4.90 Å². The van der Waals surface area contributed by atoms with Crippen molar-refractivity contribution >= 4 is 53.1 Å². The number of nitrogens with one attached hydrogen (secondary N) is 1. The first kappa shape index (κ1) is 51.9. The number of alkyl halides is 2. The van der Waals surface area contributed by atoms with E-state index in [1.54, 1.807) is 4.90 Å². The molecule has 35 heavy (non-hydrogen) atoms. The number of aliphatic hydroxyl groups excluding tert-OH is 1. The van der Waals surface area contributed by atoms with Gasteiger partial charge in [0.15, 0.2) is 0 Å². The SMILES string of the molecule is C=CCO.C=CCOS(C)(=O)=O.CCN(CC)CC.CC[NH+](CC)CC.CS(=O)(=O)Cl.ClCCl.[Cl-]. The van der Waals surface area contributed by atoms with Crippen LogP contribution in [0.15, 0.2) is 25.3 Å². The van der Waals surface area contributed by atoms with Crippen molar-refractivity contribution in [2.75, 3.05) is 70.3 Å². The smallest absolute Gasteiger partial charge is 0.264 e. The summed E-state index contributed by atoms with van der Waals surface area (Å²) in [5.41, 5.74) is 0. The third-order valence-electron chi connectivity index (χ3n) is 3.37. The number of hydrogen-bond donors (Lipinski definition) is 2. The van der Waals surface area contributed by atoms with Crippen molar-refractivity contribution in [3.63, 3.8) is 0 Å². The summed E-state index contributed by atoms with van der Waals surface area (Å²) >= 11 is 9.53. The van der Waals surface area contributed by atoms with Crippen LogP contribution in [-0.4, -0.2) is 97.2 Å². The second-order valence-corrected chi connectivity index (χ2v) is 11.5. The maximum Gasteiger partial charge on any atom is 0.264 e. The van der Waals surface area contributed by atoms with E-state index in [1.165, 1.54) is 51.4 Å². The molecule has 220 valence electrons. The minimum Gasteiger partial charge on any atom is -1.00 e. The summed E-state index contributed by atoms with van der Waals surface area (Å²) in [5.74, 6) is 0. The van der Waals surface area contributed by atoms with Crippen molar-refractivity contribution in [1.29, 1.82) is 0 Å². The van der Waals surface area contributed by atoms with Gasteiger partial charge in [-0.2, -0.15) is 8.42 Å². The molecule has 0 unspecified atom stereocenters. The van der Waals surface area contributed by atoms with E-state index < -0.39 is 19.2 Å². The van der Waals surface area contributed by atoms with Crippen molar-refractivity contribution in [2.24, 2.45) is 0 Å². The van der Waals surface area contributed by atoms with Gasteiger partial charge in [0.25, 0.3) is 10.1 Å². The fraction of sp³-hybridized carbons (Fsp3) is 0.810. The van der Waals surface area contributed by atoms with E-state index in [-0.39, 0.29) is 31.0 Å². The van der Waals surface area contributed by atoms with Gasteiger partial charge < -0.3 is 27.3 Å². The van der Waals surface area contributed by atoms with Crippen LogP contribution in [0.1, 0.15) is 41.5 Å². The largest absolute Gasteiger partial charge is 1.00 e. The van der Waals surface area contributed by atoms with Gasteiger partial charge in [-0.1, -0.05) is 32.9 Å². The van der Waals surface area contributed by atoms with E-state index in [2.05, 4.69) is 74.5 Å². The van der Waals surface area contributed by atoms with E-state index in [0.29, 0.717) is 0 Å². The monoisotopic (exact) mass is 630 g/mol. The number of nitrogens with zero attached hydrogens (tertiary/aromatic N) is 1. The lowest BCUT2D eigenvalue weighted by Gasteiger charge is -2.13. The number of quaternary nitrogens is 1. The van der Waals surface area contributed by atoms with Crippen LogP contribution in [0.3, 0.4) is 0 Å².